The van der Waals surface area contributed by atoms with Crippen LogP contribution in [0.3, 0.4) is 0 Å². The van der Waals surface area contributed by atoms with Crippen LogP contribution in [0.4, 0.5) is 0 Å². The third kappa shape index (κ3) is 7.19. The molecule has 4 nitrogen and oxygen atoms in total. The van der Waals surface area contributed by atoms with Gasteiger partial charge in [-0.3, -0.25) is 4.79 Å². The van der Waals surface area contributed by atoms with Gasteiger partial charge in [-0.25, -0.2) is 0 Å². The Morgan fingerprint density at radius 1 is 1.00 bits per heavy atom. The molecule has 0 saturated carbocycles. The van der Waals surface area contributed by atoms with E-state index in [1.54, 1.807) is 7.11 Å². The van der Waals surface area contributed by atoms with E-state index in [9.17, 15) is 4.79 Å². The van der Waals surface area contributed by atoms with Crippen LogP contribution in [0, 0.1) is 13.8 Å². The zero-order valence-corrected chi connectivity index (χ0v) is 18.6. The Balaban J connectivity index is 1.78. The van der Waals surface area contributed by atoms with Gasteiger partial charge in [-0.05, 0) is 67.5 Å². The summed E-state index contributed by atoms with van der Waals surface area (Å²) >= 11 is 3.39. The van der Waals surface area contributed by atoms with Crippen molar-refractivity contribution in [3.05, 3.63) is 58.7 Å². The monoisotopic (exact) mass is 447 g/mol. The number of rotatable bonds is 11. The smallest absolute Gasteiger partial charge is 0.224 e. The first-order valence-corrected chi connectivity index (χ1v) is 10.8. The maximum atomic E-state index is 12.2. The second-order valence-electron chi connectivity index (χ2n) is 6.93. The largest absolute Gasteiger partial charge is 0.493 e. The van der Waals surface area contributed by atoms with Crippen molar-refractivity contribution in [2.75, 3.05) is 25.6 Å². The van der Waals surface area contributed by atoms with Crippen molar-refractivity contribution in [2.45, 2.75) is 39.5 Å². The fourth-order valence-electron chi connectivity index (χ4n) is 2.91. The number of benzene rings is 2. The minimum absolute atomic E-state index is 0.0232. The van der Waals surface area contributed by atoms with Gasteiger partial charge >= 0.3 is 0 Å². The van der Waals surface area contributed by atoms with Crippen molar-refractivity contribution in [1.82, 2.24) is 5.32 Å². The zero-order valence-electron chi connectivity index (χ0n) is 17.0. The Morgan fingerprint density at radius 3 is 2.50 bits per heavy atom. The molecule has 0 aromatic heterocycles. The molecule has 0 aliphatic heterocycles. The second kappa shape index (κ2) is 11.7. The van der Waals surface area contributed by atoms with Crippen LogP contribution in [0.15, 0.2) is 36.4 Å². The van der Waals surface area contributed by atoms with Crippen LogP contribution < -0.4 is 14.8 Å². The molecule has 0 atom stereocenters. The molecule has 0 aliphatic carbocycles. The standard InChI is InChI=1S/C23H30BrNO3/c1-17-7-8-19(14-18(17)2)6-4-12-25-23(26)16-20-9-10-21(22(15-20)27-3)28-13-5-11-24/h7-10,14-15H,4-6,11-13,16H2,1-3H3,(H,25,26). The molecule has 2 aromatic rings. The van der Waals surface area contributed by atoms with Crippen molar-refractivity contribution in [3.63, 3.8) is 0 Å². The van der Waals surface area contributed by atoms with E-state index in [4.69, 9.17) is 9.47 Å². The van der Waals surface area contributed by atoms with E-state index < -0.39 is 0 Å². The van der Waals surface area contributed by atoms with Gasteiger partial charge in [0.2, 0.25) is 5.91 Å². The van der Waals surface area contributed by atoms with Gasteiger partial charge < -0.3 is 14.8 Å². The Labute approximate surface area is 176 Å². The van der Waals surface area contributed by atoms with Crippen LogP contribution in [0.1, 0.15) is 35.1 Å². The molecular weight excluding hydrogens is 418 g/mol. The van der Waals surface area contributed by atoms with Gasteiger partial charge in [-0.2, -0.15) is 0 Å². The van der Waals surface area contributed by atoms with E-state index in [0.717, 1.165) is 30.2 Å². The highest BCUT2D eigenvalue weighted by molar-refractivity contribution is 9.09. The third-order valence-electron chi connectivity index (χ3n) is 4.66. The van der Waals surface area contributed by atoms with E-state index in [1.807, 2.05) is 18.2 Å². The lowest BCUT2D eigenvalue weighted by Gasteiger charge is -2.12. The summed E-state index contributed by atoms with van der Waals surface area (Å²) in [5, 5.41) is 3.91. The van der Waals surface area contributed by atoms with Crippen molar-refractivity contribution in [2.24, 2.45) is 0 Å². The number of amides is 1. The Kier molecular flexibility index (Phi) is 9.35. The number of methoxy groups -OCH3 is 1. The molecular formula is C23H30BrNO3. The molecule has 28 heavy (non-hydrogen) atoms. The number of halogens is 1. The van der Waals surface area contributed by atoms with E-state index >= 15 is 0 Å². The highest BCUT2D eigenvalue weighted by Crippen LogP contribution is 2.28. The zero-order chi connectivity index (χ0) is 20.4. The number of alkyl halides is 1. The number of hydrogen-bond donors (Lipinski definition) is 1. The van der Waals surface area contributed by atoms with Gasteiger partial charge in [-0.1, -0.05) is 40.2 Å². The van der Waals surface area contributed by atoms with E-state index in [0.29, 0.717) is 31.1 Å². The van der Waals surface area contributed by atoms with Gasteiger partial charge in [-0.15, -0.1) is 0 Å². The second-order valence-corrected chi connectivity index (χ2v) is 7.72. The molecule has 0 bridgehead atoms. The summed E-state index contributed by atoms with van der Waals surface area (Å²) in [6.07, 6.45) is 3.16. The van der Waals surface area contributed by atoms with Gasteiger partial charge in [0.15, 0.2) is 11.5 Å². The van der Waals surface area contributed by atoms with E-state index in [1.165, 1.54) is 16.7 Å². The van der Waals surface area contributed by atoms with Crippen molar-refractivity contribution in [3.8, 4) is 11.5 Å². The molecule has 0 aliphatic rings. The average Bonchev–Trinajstić information content (AvgIpc) is 2.69. The molecule has 1 amide bonds. The van der Waals surface area contributed by atoms with Crippen LogP contribution in [0.2, 0.25) is 0 Å². The van der Waals surface area contributed by atoms with Crippen LogP contribution in [-0.4, -0.2) is 31.5 Å². The average molecular weight is 448 g/mol. The third-order valence-corrected chi connectivity index (χ3v) is 5.22. The Bertz CT molecular complexity index is 776. The van der Waals surface area contributed by atoms with Gasteiger partial charge in [0, 0.05) is 11.9 Å². The molecule has 2 aromatic carbocycles. The lowest BCUT2D eigenvalue weighted by Crippen LogP contribution is -2.26. The topological polar surface area (TPSA) is 47.6 Å². The first kappa shape index (κ1) is 22.3. The van der Waals surface area contributed by atoms with Crippen LogP contribution in [-0.2, 0) is 17.6 Å². The quantitative estimate of drug-likeness (QED) is 0.398. The van der Waals surface area contributed by atoms with Crippen molar-refractivity contribution < 1.29 is 14.3 Å². The molecule has 0 saturated heterocycles. The summed E-state index contributed by atoms with van der Waals surface area (Å²) in [6, 6.07) is 12.2. The fraction of sp³-hybridized carbons (Fsp3) is 0.435. The molecule has 0 heterocycles. The molecule has 0 radical (unpaired) electrons. The highest BCUT2D eigenvalue weighted by atomic mass is 79.9. The summed E-state index contributed by atoms with van der Waals surface area (Å²) < 4.78 is 11.1. The van der Waals surface area contributed by atoms with Crippen molar-refractivity contribution >= 4 is 21.8 Å². The first-order chi connectivity index (χ1) is 13.5. The van der Waals surface area contributed by atoms with Crippen LogP contribution in [0.25, 0.3) is 0 Å². The number of carbonyl (C=O) groups is 1. The van der Waals surface area contributed by atoms with E-state index in [-0.39, 0.29) is 5.91 Å². The number of aryl methyl sites for hydroxylation is 3. The minimum Gasteiger partial charge on any atom is -0.493 e. The first-order valence-electron chi connectivity index (χ1n) is 9.72. The number of carbonyl (C=O) groups excluding carboxylic acids is 1. The molecule has 5 heteroatoms. The van der Waals surface area contributed by atoms with Gasteiger partial charge in [0.05, 0.1) is 20.1 Å². The summed E-state index contributed by atoms with van der Waals surface area (Å²) in [5.74, 6) is 1.39. The predicted molar refractivity (Wildman–Crippen MR) is 118 cm³/mol. The highest BCUT2D eigenvalue weighted by Gasteiger charge is 2.09. The minimum atomic E-state index is 0.0232. The summed E-state index contributed by atoms with van der Waals surface area (Å²) in [7, 11) is 1.61. The Morgan fingerprint density at radius 2 is 1.79 bits per heavy atom. The number of ether oxygens (including phenoxy) is 2. The lowest BCUT2D eigenvalue weighted by atomic mass is 10.0. The summed E-state index contributed by atoms with van der Waals surface area (Å²) in [4.78, 5) is 12.2. The summed E-state index contributed by atoms with van der Waals surface area (Å²) in [5.41, 5.74) is 4.86. The number of nitrogens with one attached hydrogen (secondary N) is 1. The van der Waals surface area contributed by atoms with Crippen LogP contribution in [0.5, 0.6) is 11.5 Å². The maximum absolute atomic E-state index is 12.2. The SMILES string of the molecule is COc1cc(CC(=O)NCCCc2ccc(C)c(C)c2)ccc1OCCCBr. The van der Waals surface area contributed by atoms with Crippen LogP contribution >= 0.6 is 15.9 Å². The number of hydrogen-bond acceptors (Lipinski definition) is 3. The lowest BCUT2D eigenvalue weighted by molar-refractivity contribution is -0.120. The molecule has 1 N–H and O–H groups in total. The molecule has 0 unspecified atom stereocenters. The van der Waals surface area contributed by atoms with Gasteiger partial charge in [0.1, 0.15) is 0 Å². The molecule has 0 fully saturated rings. The van der Waals surface area contributed by atoms with E-state index in [2.05, 4.69) is 53.3 Å². The summed E-state index contributed by atoms with van der Waals surface area (Å²) in [6.45, 7) is 5.56. The molecule has 2 rings (SSSR count). The molecule has 152 valence electrons. The van der Waals surface area contributed by atoms with Gasteiger partial charge in [0.25, 0.3) is 0 Å². The Hall–Kier alpha value is -2.01. The normalized spacial score (nSPS) is 10.6. The fourth-order valence-corrected chi connectivity index (χ4v) is 3.13. The maximum Gasteiger partial charge on any atom is 0.224 e. The predicted octanol–water partition coefficient (Wildman–Crippen LogP) is 4.77. The van der Waals surface area contributed by atoms with Crippen molar-refractivity contribution in [1.29, 1.82) is 0 Å². The molecule has 0 spiro atoms.